The number of hydrogen-bond acceptors (Lipinski definition) is 8. The number of imidazole rings is 4. The van der Waals surface area contributed by atoms with Gasteiger partial charge in [0.25, 0.3) is 0 Å². The number of hydrogen-bond donors (Lipinski definition) is 4. The molecule has 8 aromatic heterocycles. The van der Waals surface area contributed by atoms with Gasteiger partial charge in [0.1, 0.15) is 45.2 Å². The van der Waals surface area contributed by atoms with E-state index in [0.29, 0.717) is 132 Å². The Morgan fingerprint density at radius 3 is 0.641 bits per heavy atom. The average Bonchev–Trinajstić information content (AvgIpc) is 4.15. The van der Waals surface area contributed by atoms with E-state index < -0.39 is 0 Å². The third kappa shape index (κ3) is 4.34. The van der Waals surface area contributed by atoms with Crippen molar-refractivity contribution in [1.82, 2.24) is 56.5 Å². The fourth-order valence-electron chi connectivity index (χ4n) is 9.89. The summed E-state index contributed by atoms with van der Waals surface area (Å²) in [5.41, 5.74) is 6.81. The van der Waals surface area contributed by atoms with Crippen LogP contribution in [0.1, 0.15) is 0 Å². The van der Waals surface area contributed by atoms with Crippen molar-refractivity contribution in [3.8, 4) is 0 Å². The Morgan fingerprint density at radius 2 is 0.453 bits per heavy atom. The Morgan fingerprint density at radius 1 is 0.281 bits per heavy atom. The largest absolute Gasteiger partial charge is 0.328 e. The molecular formula is C44H36N16O4. The van der Waals surface area contributed by atoms with Gasteiger partial charge in [-0.15, -0.1) is 0 Å². The van der Waals surface area contributed by atoms with Crippen molar-refractivity contribution >= 4 is 110 Å². The lowest BCUT2D eigenvalue weighted by atomic mass is 10.1. The highest BCUT2D eigenvalue weighted by Gasteiger charge is 2.21. The smallest absolute Gasteiger partial charge is 0.324 e. The molecule has 316 valence electrons. The predicted octanol–water partition coefficient (Wildman–Crippen LogP) is 2.49. The van der Waals surface area contributed by atoms with Crippen molar-refractivity contribution in [2.45, 2.75) is 0 Å². The van der Waals surface area contributed by atoms with Crippen molar-refractivity contribution in [3.05, 3.63) is 112 Å². The molecule has 4 aromatic carbocycles. The van der Waals surface area contributed by atoms with Crippen molar-refractivity contribution < 1.29 is 0 Å². The van der Waals surface area contributed by atoms with Crippen LogP contribution in [0.25, 0.3) is 87.2 Å². The first-order chi connectivity index (χ1) is 30.7. The molecule has 0 atom stereocenters. The molecule has 0 aliphatic carbocycles. The van der Waals surface area contributed by atoms with Gasteiger partial charge in [-0.1, -0.05) is 0 Å². The van der Waals surface area contributed by atoms with Crippen LogP contribution in [-0.2, 0) is 56.4 Å². The van der Waals surface area contributed by atoms with Gasteiger partial charge in [0, 0.05) is 99.5 Å². The van der Waals surface area contributed by atoms with E-state index in [-0.39, 0.29) is 22.8 Å². The highest BCUT2D eigenvalue weighted by atomic mass is 16.2. The van der Waals surface area contributed by atoms with Crippen molar-refractivity contribution in [2.75, 3.05) is 0 Å². The van der Waals surface area contributed by atoms with Crippen LogP contribution in [-0.4, -0.2) is 56.5 Å². The van der Waals surface area contributed by atoms with E-state index in [2.05, 4.69) is 19.9 Å². The molecule has 4 N–H and O–H groups in total. The van der Waals surface area contributed by atoms with E-state index >= 15 is 0 Å². The Labute approximate surface area is 354 Å². The lowest BCUT2D eigenvalue weighted by molar-refractivity contribution is 0.795. The highest BCUT2D eigenvalue weighted by molar-refractivity contribution is 6.08. The van der Waals surface area contributed by atoms with Crippen LogP contribution in [0.5, 0.6) is 0 Å². The standard InChI is InChI=1S/C44H36N16O4/c1-53-25-9-17-18(10-26(25)54(2)41(53)61)34-45-33(17)49-35-19-11-27-28(56(4)42(62)55(27)3)12-20(19)37(46-35)51-39-23-15-31-32(60(8)44(64)59(31)7)16-24(23)40(48-39)52-38-22-14-30-29(57(5)43(63)58(30)6)13-21(22)36(47-38)50-34/h9-16H,1-8H3,(H4,45,46,47,48,49,50,51,52). The summed E-state index contributed by atoms with van der Waals surface area (Å²) in [6.07, 6.45) is 0. The molecular weight excluding hydrogens is 817 g/mol. The highest BCUT2D eigenvalue weighted by Crippen LogP contribution is 2.38. The van der Waals surface area contributed by atoms with Gasteiger partial charge in [0.2, 0.25) is 0 Å². The molecule has 64 heavy (non-hydrogen) atoms. The number of aryl methyl sites for hydroxylation is 8. The fraction of sp³-hybridized carbons (Fsp3) is 0.182. The molecule has 0 amide bonds. The number of nitrogens with one attached hydrogen (secondary N) is 4. The summed E-state index contributed by atoms with van der Waals surface area (Å²) in [7, 11) is 13.9. The number of aromatic nitrogens is 12. The summed E-state index contributed by atoms with van der Waals surface area (Å²) in [5.74, 6) is 1.85. The second kappa shape index (κ2) is 11.6. The minimum Gasteiger partial charge on any atom is -0.324 e. The topological polar surface area (TPSA) is 220 Å². The summed E-state index contributed by atoms with van der Waals surface area (Å²) in [5, 5.41) is 5.64. The molecule has 20 nitrogen and oxygen atoms in total. The van der Waals surface area contributed by atoms with Gasteiger partial charge in [-0.3, -0.25) is 36.5 Å². The predicted molar refractivity (Wildman–Crippen MR) is 243 cm³/mol. The number of aromatic amines is 4. The summed E-state index contributed by atoms with van der Waals surface area (Å²) in [4.78, 5) is 88.2. The number of rotatable bonds is 0. The SMILES string of the molecule is Cn1c(=O)n(C)c2cc3c4[nH]c(c3cc21)N=c1[nH]c(c2cc3c(cc12)n(C)c(=O)n3C)=Nc1[nH]c(c2cc3c(cc12)n(C)c(=O)n3C)N=c1[nH]c(c2cc3c(cc12)n(C)c(=O)n3C)=N4. The van der Waals surface area contributed by atoms with Gasteiger partial charge in [-0.2, -0.15) is 0 Å². The third-order valence-corrected chi connectivity index (χ3v) is 13.5. The molecule has 20 heteroatoms. The molecule has 0 radical (unpaired) electrons. The molecule has 0 spiro atoms. The van der Waals surface area contributed by atoms with E-state index in [4.69, 9.17) is 20.0 Å². The summed E-state index contributed by atoms with van der Waals surface area (Å²) < 4.78 is 12.8. The quantitative estimate of drug-likeness (QED) is 0.181. The Kier molecular flexibility index (Phi) is 6.54. The molecule has 0 saturated carbocycles. The maximum Gasteiger partial charge on any atom is 0.328 e. The molecule has 0 fully saturated rings. The lowest BCUT2D eigenvalue weighted by Crippen LogP contribution is -2.19. The van der Waals surface area contributed by atoms with Crippen LogP contribution in [0.3, 0.4) is 0 Å². The number of nitrogens with zero attached hydrogens (tertiary/aromatic N) is 12. The maximum absolute atomic E-state index is 13.3. The molecule has 1 aliphatic rings. The molecule has 1 aliphatic heterocycles. The van der Waals surface area contributed by atoms with Gasteiger partial charge in [0.05, 0.1) is 44.1 Å². The minimum absolute atomic E-state index is 0.175. The second-order valence-corrected chi connectivity index (χ2v) is 16.9. The summed E-state index contributed by atoms with van der Waals surface area (Å²) in [6.45, 7) is 0. The van der Waals surface area contributed by atoms with E-state index in [1.807, 2.05) is 48.5 Å². The molecule has 9 heterocycles. The van der Waals surface area contributed by atoms with Crippen LogP contribution < -0.4 is 44.7 Å². The van der Waals surface area contributed by atoms with Crippen LogP contribution in [0, 0.1) is 0 Å². The molecule has 8 bridgehead atoms. The Hall–Kier alpha value is -8.68. The van der Waals surface area contributed by atoms with E-state index in [1.165, 1.54) is 0 Å². The molecule has 0 saturated heterocycles. The zero-order chi connectivity index (χ0) is 44.1. The second-order valence-electron chi connectivity index (χ2n) is 16.9. The summed E-state index contributed by atoms with van der Waals surface area (Å²) >= 11 is 0. The van der Waals surface area contributed by atoms with Crippen molar-refractivity contribution in [3.63, 3.8) is 0 Å². The van der Waals surface area contributed by atoms with Gasteiger partial charge in [-0.25, -0.2) is 39.1 Å². The maximum atomic E-state index is 13.3. The van der Waals surface area contributed by atoms with Gasteiger partial charge >= 0.3 is 22.8 Å². The number of fused-ring (bicyclic) bond motifs is 24. The Balaban J connectivity index is 1.26. The Bertz CT molecular complexity index is 4170. The van der Waals surface area contributed by atoms with E-state index in [9.17, 15) is 19.2 Å². The zero-order valence-corrected chi connectivity index (χ0v) is 35.6. The fourth-order valence-corrected chi connectivity index (χ4v) is 9.89. The monoisotopic (exact) mass is 852 g/mol. The number of H-pyrrole nitrogens is 4. The molecule has 0 unspecified atom stereocenters. The van der Waals surface area contributed by atoms with Gasteiger partial charge < -0.3 is 19.9 Å². The van der Waals surface area contributed by atoms with Crippen LogP contribution in [0.4, 0.5) is 23.3 Å². The normalized spacial score (nSPS) is 13.1. The van der Waals surface area contributed by atoms with Gasteiger partial charge in [0.15, 0.2) is 0 Å². The first kappa shape index (κ1) is 36.0. The van der Waals surface area contributed by atoms with Crippen LogP contribution in [0.2, 0.25) is 0 Å². The van der Waals surface area contributed by atoms with Crippen LogP contribution >= 0.6 is 0 Å². The lowest BCUT2D eigenvalue weighted by Gasteiger charge is -1.98. The summed E-state index contributed by atoms with van der Waals surface area (Å²) in [6, 6.07) is 15.5. The van der Waals surface area contributed by atoms with Crippen molar-refractivity contribution in [1.29, 1.82) is 0 Å². The zero-order valence-electron chi connectivity index (χ0n) is 35.6. The van der Waals surface area contributed by atoms with Crippen LogP contribution in [0.15, 0.2) is 87.7 Å². The van der Waals surface area contributed by atoms with E-state index in [1.54, 1.807) is 92.9 Å². The van der Waals surface area contributed by atoms with E-state index in [0.717, 1.165) is 0 Å². The third-order valence-electron chi connectivity index (χ3n) is 13.5. The molecule has 13 rings (SSSR count). The first-order valence-corrected chi connectivity index (χ1v) is 20.4. The average molecular weight is 853 g/mol. The first-order valence-electron chi connectivity index (χ1n) is 20.4. The van der Waals surface area contributed by atoms with Crippen molar-refractivity contribution in [2.24, 2.45) is 76.4 Å². The minimum atomic E-state index is -0.175. The van der Waals surface area contributed by atoms with Gasteiger partial charge in [-0.05, 0) is 48.5 Å². The number of benzene rings is 4. The molecule has 12 aromatic rings.